The SMILES string of the molecule is CN1CCN(c2ccc(NC(=O)CCN(C)c3ccccc3)cc2)CC1. The second-order valence-corrected chi connectivity index (χ2v) is 6.89. The number of para-hydroxylation sites is 1. The molecule has 1 N–H and O–H groups in total. The van der Waals surface area contributed by atoms with Crippen molar-refractivity contribution >= 4 is 23.0 Å². The van der Waals surface area contributed by atoms with Crippen molar-refractivity contribution in [2.24, 2.45) is 0 Å². The van der Waals surface area contributed by atoms with Crippen LogP contribution in [0.2, 0.25) is 0 Å². The van der Waals surface area contributed by atoms with Gasteiger partial charge in [-0.1, -0.05) is 18.2 Å². The second kappa shape index (κ2) is 8.72. The van der Waals surface area contributed by atoms with Gasteiger partial charge in [-0.2, -0.15) is 0 Å². The topological polar surface area (TPSA) is 38.8 Å². The second-order valence-electron chi connectivity index (χ2n) is 6.89. The highest BCUT2D eigenvalue weighted by Crippen LogP contribution is 2.19. The molecule has 0 saturated carbocycles. The molecule has 2 aromatic carbocycles. The molecule has 0 aromatic heterocycles. The van der Waals surface area contributed by atoms with Crippen LogP contribution < -0.4 is 15.1 Å². The predicted octanol–water partition coefficient (Wildman–Crippen LogP) is 2.90. The molecule has 0 unspecified atom stereocenters. The lowest BCUT2D eigenvalue weighted by atomic mass is 10.2. The first kappa shape index (κ1) is 18.3. The number of piperazine rings is 1. The zero-order valence-electron chi connectivity index (χ0n) is 15.7. The van der Waals surface area contributed by atoms with Gasteiger partial charge in [-0.05, 0) is 43.4 Å². The third kappa shape index (κ3) is 4.99. The minimum absolute atomic E-state index is 0.0418. The quantitative estimate of drug-likeness (QED) is 0.868. The lowest BCUT2D eigenvalue weighted by molar-refractivity contribution is -0.116. The molecule has 0 radical (unpaired) electrons. The van der Waals surface area contributed by atoms with Crippen molar-refractivity contribution in [2.75, 3.05) is 61.9 Å². The summed E-state index contributed by atoms with van der Waals surface area (Å²) in [4.78, 5) is 19.0. The van der Waals surface area contributed by atoms with Crippen LogP contribution in [0.4, 0.5) is 17.1 Å². The minimum atomic E-state index is 0.0418. The van der Waals surface area contributed by atoms with E-state index in [9.17, 15) is 4.79 Å². The highest BCUT2D eigenvalue weighted by atomic mass is 16.1. The van der Waals surface area contributed by atoms with Gasteiger partial charge in [0.15, 0.2) is 0 Å². The van der Waals surface area contributed by atoms with Crippen LogP contribution in [0.25, 0.3) is 0 Å². The predicted molar refractivity (Wildman–Crippen MR) is 109 cm³/mol. The summed E-state index contributed by atoms with van der Waals surface area (Å²) in [5.41, 5.74) is 3.20. The molecule has 3 rings (SSSR count). The minimum Gasteiger partial charge on any atom is -0.374 e. The highest BCUT2D eigenvalue weighted by Gasteiger charge is 2.14. The zero-order valence-corrected chi connectivity index (χ0v) is 15.7. The summed E-state index contributed by atoms with van der Waals surface area (Å²) in [6, 6.07) is 18.3. The molecule has 1 aliphatic rings. The van der Waals surface area contributed by atoms with Crippen molar-refractivity contribution in [3.8, 4) is 0 Å². The van der Waals surface area contributed by atoms with Gasteiger partial charge in [0.25, 0.3) is 0 Å². The molecule has 5 heteroatoms. The van der Waals surface area contributed by atoms with E-state index in [1.54, 1.807) is 0 Å². The number of rotatable bonds is 6. The van der Waals surface area contributed by atoms with E-state index in [0.29, 0.717) is 13.0 Å². The smallest absolute Gasteiger partial charge is 0.226 e. The van der Waals surface area contributed by atoms with Gasteiger partial charge in [0.05, 0.1) is 0 Å². The van der Waals surface area contributed by atoms with E-state index in [1.807, 2.05) is 37.4 Å². The molecule has 1 heterocycles. The van der Waals surface area contributed by atoms with Crippen LogP contribution in [0.3, 0.4) is 0 Å². The molecule has 5 nitrogen and oxygen atoms in total. The first-order valence-electron chi connectivity index (χ1n) is 9.21. The first-order chi connectivity index (χ1) is 12.6. The zero-order chi connectivity index (χ0) is 18.4. The number of hydrogen-bond donors (Lipinski definition) is 1. The summed E-state index contributed by atoms with van der Waals surface area (Å²) in [6.07, 6.45) is 0.464. The number of amides is 1. The lowest BCUT2D eigenvalue weighted by Gasteiger charge is -2.34. The third-order valence-electron chi connectivity index (χ3n) is 4.89. The molecule has 1 amide bonds. The van der Waals surface area contributed by atoms with Crippen LogP contribution in [0.1, 0.15) is 6.42 Å². The number of benzene rings is 2. The summed E-state index contributed by atoms with van der Waals surface area (Å²) < 4.78 is 0. The van der Waals surface area contributed by atoms with Crippen LogP contribution in [0, 0.1) is 0 Å². The molecule has 1 aliphatic heterocycles. The maximum atomic E-state index is 12.2. The van der Waals surface area contributed by atoms with Crippen molar-refractivity contribution in [3.05, 3.63) is 54.6 Å². The maximum absolute atomic E-state index is 12.2. The summed E-state index contributed by atoms with van der Waals surface area (Å²) in [5.74, 6) is 0.0418. The summed E-state index contributed by atoms with van der Waals surface area (Å²) >= 11 is 0. The molecule has 2 aromatic rings. The van der Waals surface area contributed by atoms with Gasteiger partial charge in [0, 0.05) is 63.3 Å². The van der Waals surface area contributed by atoms with E-state index in [0.717, 1.165) is 37.6 Å². The van der Waals surface area contributed by atoms with Gasteiger partial charge in [-0.3, -0.25) is 4.79 Å². The van der Waals surface area contributed by atoms with Gasteiger partial charge in [-0.25, -0.2) is 0 Å². The summed E-state index contributed by atoms with van der Waals surface area (Å²) in [6.45, 7) is 4.97. The molecule has 0 spiro atoms. The lowest BCUT2D eigenvalue weighted by Crippen LogP contribution is -2.44. The molecular weight excluding hydrogens is 324 g/mol. The van der Waals surface area contributed by atoms with E-state index < -0.39 is 0 Å². The first-order valence-corrected chi connectivity index (χ1v) is 9.21. The Labute approximate surface area is 156 Å². The monoisotopic (exact) mass is 352 g/mol. The van der Waals surface area contributed by atoms with E-state index in [2.05, 4.69) is 51.3 Å². The number of likely N-dealkylation sites (N-methyl/N-ethyl adjacent to an activating group) is 1. The molecule has 1 fully saturated rings. The largest absolute Gasteiger partial charge is 0.374 e. The number of hydrogen-bond acceptors (Lipinski definition) is 4. The summed E-state index contributed by atoms with van der Waals surface area (Å²) in [7, 11) is 4.17. The number of anilines is 3. The van der Waals surface area contributed by atoms with E-state index in [-0.39, 0.29) is 5.91 Å². The Morgan fingerprint density at radius 1 is 1.00 bits per heavy atom. The Hall–Kier alpha value is -2.53. The van der Waals surface area contributed by atoms with Crippen molar-refractivity contribution in [1.82, 2.24) is 4.90 Å². The Bertz CT molecular complexity index is 694. The Morgan fingerprint density at radius 3 is 2.31 bits per heavy atom. The van der Waals surface area contributed by atoms with E-state index >= 15 is 0 Å². The van der Waals surface area contributed by atoms with Gasteiger partial charge in [0.2, 0.25) is 5.91 Å². The fourth-order valence-corrected chi connectivity index (χ4v) is 3.12. The van der Waals surface area contributed by atoms with E-state index in [1.165, 1.54) is 5.69 Å². The Kier molecular flexibility index (Phi) is 6.12. The number of nitrogens with one attached hydrogen (secondary N) is 1. The van der Waals surface area contributed by atoms with Crippen molar-refractivity contribution in [1.29, 1.82) is 0 Å². The molecule has 0 atom stereocenters. The van der Waals surface area contributed by atoms with Gasteiger partial charge < -0.3 is 20.0 Å². The summed E-state index contributed by atoms with van der Waals surface area (Å²) in [5, 5.41) is 2.99. The fraction of sp³-hybridized carbons (Fsp3) is 0.381. The third-order valence-corrected chi connectivity index (χ3v) is 4.89. The molecule has 0 bridgehead atoms. The van der Waals surface area contributed by atoms with Crippen LogP contribution in [-0.4, -0.2) is 57.6 Å². The number of nitrogens with zero attached hydrogens (tertiary/aromatic N) is 3. The van der Waals surface area contributed by atoms with Crippen LogP contribution >= 0.6 is 0 Å². The molecular formula is C21H28N4O. The van der Waals surface area contributed by atoms with Gasteiger partial charge >= 0.3 is 0 Å². The van der Waals surface area contributed by atoms with E-state index in [4.69, 9.17) is 0 Å². The Morgan fingerprint density at radius 2 is 1.65 bits per heavy atom. The molecule has 1 saturated heterocycles. The van der Waals surface area contributed by atoms with Gasteiger partial charge in [0.1, 0.15) is 0 Å². The molecule has 26 heavy (non-hydrogen) atoms. The van der Waals surface area contributed by atoms with Crippen molar-refractivity contribution in [3.63, 3.8) is 0 Å². The van der Waals surface area contributed by atoms with Crippen LogP contribution in [-0.2, 0) is 4.79 Å². The average molecular weight is 352 g/mol. The fourth-order valence-electron chi connectivity index (χ4n) is 3.12. The number of carbonyl (C=O) groups excluding carboxylic acids is 1. The van der Waals surface area contributed by atoms with Crippen molar-refractivity contribution in [2.45, 2.75) is 6.42 Å². The maximum Gasteiger partial charge on any atom is 0.226 e. The molecule has 0 aliphatic carbocycles. The van der Waals surface area contributed by atoms with Crippen molar-refractivity contribution < 1.29 is 4.79 Å². The standard InChI is InChI=1S/C21H28N4O/c1-23-14-16-25(17-15-23)20-10-8-18(9-11-20)22-21(26)12-13-24(2)19-6-4-3-5-7-19/h3-11H,12-17H2,1-2H3,(H,22,26). The highest BCUT2D eigenvalue weighted by molar-refractivity contribution is 5.91. The molecule has 138 valence electrons. The normalized spacial score (nSPS) is 14.9. The van der Waals surface area contributed by atoms with Gasteiger partial charge in [-0.15, -0.1) is 0 Å². The number of carbonyl (C=O) groups is 1. The van der Waals surface area contributed by atoms with Crippen LogP contribution in [0.5, 0.6) is 0 Å². The Balaban J connectivity index is 1.47. The average Bonchev–Trinajstić information content (AvgIpc) is 2.68. The van der Waals surface area contributed by atoms with Crippen LogP contribution in [0.15, 0.2) is 54.6 Å².